The van der Waals surface area contributed by atoms with Gasteiger partial charge in [0.25, 0.3) is 0 Å². The van der Waals surface area contributed by atoms with Crippen LogP contribution in [0.1, 0.15) is 24.3 Å². The van der Waals surface area contributed by atoms with Gasteiger partial charge in [0.05, 0.1) is 17.2 Å². The van der Waals surface area contributed by atoms with Crippen LogP contribution in [-0.4, -0.2) is 42.6 Å². The molecule has 0 spiro atoms. The van der Waals surface area contributed by atoms with E-state index in [0.717, 1.165) is 34.7 Å². The van der Waals surface area contributed by atoms with Crippen molar-refractivity contribution in [1.29, 1.82) is 0 Å². The summed E-state index contributed by atoms with van der Waals surface area (Å²) in [6.45, 7) is 1.20. The molecule has 0 aliphatic heterocycles. The summed E-state index contributed by atoms with van der Waals surface area (Å²) in [7, 11) is 0. The van der Waals surface area contributed by atoms with Crippen molar-refractivity contribution in [3.8, 4) is 22.6 Å². The molecule has 0 saturated carbocycles. The van der Waals surface area contributed by atoms with Gasteiger partial charge < -0.3 is 5.32 Å². The molecule has 0 bridgehead atoms. The van der Waals surface area contributed by atoms with Gasteiger partial charge in [0, 0.05) is 48.3 Å². The lowest BCUT2D eigenvalue weighted by Crippen LogP contribution is -2.24. The Balaban J connectivity index is 1.12. The normalized spacial score (nSPS) is 10.8. The second-order valence-corrected chi connectivity index (χ2v) is 7.94. The van der Waals surface area contributed by atoms with Gasteiger partial charge in [-0.15, -0.1) is 21.5 Å². The van der Waals surface area contributed by atoms with E-state index in [1.165, 1.54) is 0 Å². The molecule has 1 aromatic carbocycles. The van der Waals surface area contributed by atoms with Gasteiger partial charge in [-0.1, -0.05) is 30.3 Å². The summed E-state index contributed by atoms with van der Waals surface area (Å²) in [5.74, 6) is 0.638. The SMILES string of the molecule is O=C(CCCn1nnc(-c2ccccc2)n1)NCCCc1nc(-c2ccncc2)cs1. The van der Waals surface area contributed by atoms with Gasteiger partial charge in [-0.3, -0.25) is 9.78 Å². The van der Waals surface area contributed by atoms with E-state index in [4.69, 9.17) is 0 Å². The lowest BCUT2D eigenvalue weighted by atomic mass is 10.2. The van der Waals surface area contributed by atoms with Crippen molar-refractivity contribution in [2.24, 2.45) is 0 Å². The minimum absolute atomic E-state index is 0.0417. The van der Waals surface area contributed by atoms with Crippen molar-refractivity contribution in [2.45, 2.75) is 32.2 Å². The Labute approximate surface area is 184 Å². The lowest BCUT2D eigenvalue weighted by molar-refractivity contribution is -0.121. The molecule has 0 unspecified atom stereocenters. The molecule has 0 radical (unpaired) electrons. The Morgan fingerprint density at radius 2 is 1.87 bits per heavy atom. The number of carbonyl (C=O) groups excluding carboxylic acids is 1. The Morgan fingerprint density at radius 1 is 1.03 bits per heavy atom. The predicted molar refractivity (Wildman–Crippen MR) is 119 cm³/mol. The fraction of sp³-hybridized carbons (Fsp3) is 0.273. The minimum atomic E-state index is 0.0417. The minimum Gasteiger partial charge on any atom is -0.356 e. The van der Waals surface area contributed by atoms with E-state index in [1.54, 1.807) is 28.5 Å². The Hall–Kier alpha value is -3.46. The van der Waals surface area contributed by atoms with Gasteiger partial charge >= 0.3 is 0 Å². The number of hydrogen-bond acceptors (Lipinski definition) is 7. The third kappa shape index (κ3) is 6.02. The van der Waals surface area contributed by atoms with Gasteiger partial charge in [0.2, 0.25) is 11.7 Å². The molecule has 1 N–H and O–H groups in total. The standard InChI is InChI=1S/C22H23N7OS/c30-20(8-5-15-29-27-22(26-28-29)18-6-2-1-3-7-18)24-12-4-9-21-25-19(16-31-21)17-10-13-23-14-11-17/h1-3,6-7,10-11,13-14,16H,4-5,8-9,12,15H2,(H,24,30). The van der Waals surface area contributed by atoms with Gasteiger partial charge in [-0.05, 0) is 30.2 Å². The van der Waals surface area contributed by atoms with E-state index in [-0.39, 0.29) is 5.91 Å². The Kier molecular flexibility index (Phi) is 7.07. The number of hydrogen-bond donors (Lipinski definition) is 1. The van der Waals surface area contributed by atoms with Crippen LogP contribution in [-0.2, 0) is 17.8 Å². The number of carbonyl (C=O) groups is 1. The molecule has 0 fully saturated rings. The molecular formula is C22H23N7OS. The highest BCUT2D eigenvalue weighted by molar-refractivity contribution is 7.09. The third-order valence-electron chi connectivity index (χ3n) is 4.66. The molecule has 31 heavy (non-hydrogen) atoms. The molecule has 4 rings (SSSR count). The fourth-order valence-electron chi connectivity index (χ4n) is 3.06. The van der Waals surface area contributed by atoms with Crippen molar-refractivity contribution in [3.05, 3.63) is 65.2 Å². The zero-order valence-corrected chi connectivity index (χ0v) is 17.8. The van der Waals surface area contributed by atoms with Gasteiger partial charge in [-0.25, -0.2) is 4.98 Å². The van der Waals surface area contributed by atoms with E-state index in [2.05, 4.69) is 36.1 Å². The maximum Gasteiger partial charge on any atom is 0.220 e. The third-order valence-corrected chi connectivity index (χ3v) is 5.57. The number of amides is 1. The molecular weight excluding hydrogens is 410 g/mol. The van der Waals surface area contributed by atoms with E-state index in [0.29, 0.717) is 31.8 Å². The smallest absolute Gasteiger partial charge is 0.220 e. The zero-order chi connectivity index (χ0) is 21.3. The number of rotatable bonds is 10. The summed E-state index contributed by atoms with van der Waals surface area (Å²) < 4.78 is 0. The Bertz CT molecular complexity index is 1100. The summed E-state index contributed by atoms with van der Waals surface area (Å²) in [5, 5.41) is 18.6. The van der Waals surface area contributed by atoms with Crippen LogP contribution in [0.3, 0.4) is 0 Å². The first kappa shape index (κ1) is 20.8. The largest absolute Gasteiger partial charge is 0.356 e. The highest BCUT2D eigenvalue weighted by atomic mass is 32.1. The van der Waals surface area contributed by atoms with Crippen molar-refractivity contribution < 1.29 is 4.79 Å². The molecule has 158 valence electrons. The van der Waals surface area contributed by atoms with Crippen LogP contribution in [0.5, 0.6) is 0 Å². The van der Waals surface area contributed by atoms with Crippen LogP contribution in [0.4, 0.5) is 0 Å². The van der Waals surface area contributed by atoms with Crippen LogP contribution >= 0.6 is 11.3 Å². The van der Waals surface area contributed by atoms with Gasteiger partial charge in [0.1, 0.15) is 0 Å². The van der Waals surface area contributed by atoms with Crippen LogP contribution in [0.2, 0.25) is 0 Å². The van der Waals surface area contributed by atoms with E-state index < -0.39 is 0 Å². The first-order valence-electron chi connectivity index (χ1n) is 10.2. The summed E-state index contributed by atoms with van der Waals surface area (Å²) in [6.07, 6.45) is 6.35. The summed E-state index contributed by atoms with van der Waals surface area (Å²) >= 11 is 1.65. The highest BCUT2D eigenvalue weighted by Crippen LogP contribution is 2.21. The molecule has 3 aromatic heterocycles. The number of benzene rings is 1. The maximum atomic E-state index is 12.1. The highest BCUT2D eigenvalue weighted by Gasteiger charge is 2.07. The number of aromatic nitrogens is 6. The predicted octanol–water partition coefficient (Wildman–Crippen LogP) is 3.39. The van der Waals surface area contributed by atoms with Crippen LogP contribution in [0, 0.1) is 0 Å². The summed E-state index contributed by atoms with van der Waals surface area (Å²) in [4.78, 5) is 22.3. The van der Waals surface area contributed by atoms with Crippen LogP contribution in [0.25, 0.3) is 22.6 Å². The van der Waals surface area contributed by atoms with Gasteiger partial charge in [0.15, 0.2) is 0 Å². The molecule has 0 aliphatic carbocycles. The zero-order valence-electron chi connectivity index (χ0n) is 17.0. The number of thiazole rings is 1. The van der Waals surface area contributed by atoms with Crippen molar-refractivity contribution in [2.75, 3.05) is 6.54 Å². The molecule has 0 saturated heterocycles. The van der Waals surface area contributed by atoms with Crippen LogP contribution in [0.15, 0.2) is 60.2 Å². The first-order valence-corrected chi connectivity index (χ1v) is 11.1. The summed E-state index contributed by atoms with van der Waals surface area (Å²) in [6, 6.07) is 13.6. The van der Waals surface area contributed by atoms with E-state index >= 15 is 0 Å². The average Bonchev–Trinajstić information content (AvgIpc) is 3.48. The fourth-order valence-corrected chi connectivity index (χ4v) is 3.91. The molecule has 9 heteroatoms. The average molecular weight is 434 g/mol. The van der Waals surface area contributed by atoms with Crippen LogP contribution < -0.4 is 5.32 Å². The molecule has 0 atom stereocenters. The van der Waals surface area contributed by atoms with E-state index in [1.807, 2.05) is 42.5 Å². The second kappa shape index (κ2) is 10.5. The number of pyridine rings is 1. The van der Waals surface area contributed by atoms with E-state index in [9.17, 15) is 4.79 Å². The maximum absolute atomic E-state index is 12.1. The number of aryl methyl sites for hydroxylation is 2. The molecule has 0 aliphatic rings. The Morgan fingerprint density at radius 3 is 2.71 bits per heavy atom. The number of tetrazole rings is 1. The molecule has 3 heterocycles. The lowest BCUT2D eigenvalue weighted by Gasteiger charge is -2.04. The molecule has 1 amide bonds. The molecule has 4 aromatic rings. The molecule has 8 nitrogen and oxygen atoms in total. The topological polar surface area (TPSA) is 98.5 Å². The monoisotopic (exact) mass is 433 g/mol. The first-order chi connectivity index (χ1) is 15.3. The quantitative estimate of drug-likeness (QED) is 0.385. The van der Waals surface area contributed by atoms with Crippen molar-refractivity contribution in [3.63, 3.8) is 0 Å². The second-order valence-electron chi connectivity index (χ2n) is 6.99. The summed E-state index contributed by atoms with van der Waals surface area (Å²) in [5.41, 5.74) is 2.98. The van der Waals surface area contributed by atoms with Crippen molar-refractivity contribution >= 4 is 17.2 Å². The van der Waals surface area contributed by atoms with Crippen molar-refractivity contribution in [1.82, 2.24) is 35.5 Å². The number of nitrogens with one attached hydrogen (secondary N) is 1. The van der Waals surface area contributed by atoms with Gasteiger partial charge in [-0.2, -0.15) is 4.80 Å². The number of nitrogens with zero attached hydrogens (tertiary/aromatic N) is 6.